The fourth-order valence-corrected chi connectivity index (χ4v) is 4.17. The first-order valence-electron chi connectivity index (χ1n) is 11.9. The highest BCUT2D eigenvalue weighted by Gasteiger charge is 2.27. The number of rotatable bonds is 10. The van der Waals surface area contributed by atoms with Crippen molar-refractivity contribution in [2.24, 2.45) is 5.92 Å². The standard InChI is InChI=1S/C26H32N4O4/c1-3-32-22-13-12-19(15-23(22)33-4-2)16-27-26(31)21-11-8-14-30(17-21)18-24-28-25(29-34-24)20-9-6-5-7-10-20/h5-7,9-10,12-13,15,21H,3-4,8,11,14,16-18H2,1-2H3,(H,27,31). The van der Waals surface area contributed by atoms with E-state index in [1.165, 1.54) is 0 Å². The minimum absolute atomic E-state index is 0.0621. The first kappa shape index (κ1) is 23.8. The second-order valence-corrected chi connectivity index (χ2v) is 8.32. The molecule has 0 spiro atoms. The van der Waals surface area contributed by atoms with Crippen molar-refractivity contribution in [3.63, 3.8) is 0 Å². The van der Waals surface area contributed by atoms with Crippen molar-refractivity contribution in [2.45, 2.75) is 39.8 Å². The van der Waals surface area contributed by atoms with Crippen LogP contribution in [0.15, 0.2) is 53.1 Å². The van der Waals surface area contributed by atoms with Gasteiger partial charge < -0.3 is 19.3 Å². The highest BCUT2D eigenvalue weighted by molar-refractivity contribution is 5.79. The van der Waals surface area contributed by atoms with Gasteiger partial charge in [0.25, 0.3) is 0 Å². The highest BCUT2D eigenvalue weighted by Crippen LogP contribution is 2.28. The number of nitrogens with zero attached hydrogens (tertiary/aromatic N) is 3. The Kier molecular flexibility index (Phi) is 8.14. The van der Waals surface area contributed by atoms with Crippen LogP contribution in [-0.2, 0) is 17.9 Å². The lowest BCUT2D eigenvalue weighted by Crippen LogP contribution is -2.42. The molecule has 8 nitrogen and oxygen atoms in total. The summed E-state index contributed by atoms with van der Waals surface area (Å²) in [5.41, 5.74) is 1.91. The normalized spacial score (nSPS) is 16.2. The number of carbonyl (C=O) groups excluding carboxylic acids is 1. The fraction of sp³-hybridized carbons (Fsp3) is 0.423. The summed E-state index contributed by atoms with van der Waals surface area (Å²) in [5.74, 6) is 2.57. The SMILES string of the molecule is CCOc1ccc(CNC(=O)C2CCCN(Cc3nc(-c4ccccc4)no3)C2)cc1OCC. The zero-order valence-corrected chi connectivity index (χ0v) is 19.8. The molecule has 0 saturated carbocycles. The number of hydrogen-bond acceptors (Lipinski definition) is 7. The third-order valence-electron chi connectivity index (χ3n) is 5.81. The number of amides is 1. The van der Waals surface area contributed by atoms with Crippen molar-refractivity contribution in [3.8, 4) is 22.9 Å². The van der Waals surface area contributed by atoms with E-state index in [0.717, 1.165) is 36.3 Å². The molecule has 1 aromatic heterocycles. The molecular weight excluding hydrogens is 432 g/mol. The maximum absolute atomic E-state index is 12.9. The van der Waals surface area contributed by atoms with Crippen LogP contribution in [0.4, 0.5) is 0 Å². The predicted octanol–water partition coefficient (Wildman–Crippen LogP) is 4.06. The van der Waals surface area contributed by atoms with Gasteiger partial charge in [0, 0.05) is 18.7 Å². The quantitative estimate of drug-likeness (QED) is 0.484. The molecule has 3 aromatic rings. The van der Waals surface area contributed by atoms with E-state index >= 15 is 0 Å². The van der Waals surface area contributed by atoms with Crippen LogP contribution in [0.3, 0.4) is 0 Å². The minimum atomic E-state index is -0.0701. The van der Waals surface area contributed by atoms with Crippen molar-refractivity contribution in [1.29, 1.82) is 0 Å². The Morgan fingerprint density at radius 1 is 1.12 bits per heavy atom. The molecule has 1 aliphatic rings. The van der Waals surface area contributed by atoms with E-state index in [1.54, 1.807) is 0 Å². The van der Waals surface area contributed by atoms with Gasteiger partial charge in [0.05, 0.1) is 25.7 Å². The Morgan fingerprint density at radius 3 is 2.71 bits per heavy atom. The summed E-state index contributed by atoms with van der Waals surface area (Å²) in [7, 11) is 0. The van der Waals surface area contributed by atoms with Gasteiger partial charge in [0.2, 0.25) is 17.6 Å². The van der Waals surface area contributed by atoms with E-state index in [9.17, 15) is 4.79 Å². The lowest BCUT2D eigenvalue weighted by atomic mass is 9.97. The van der Waals surface area contributed by atoms with Gasteiger partial charge >= 0.3 is 0 Å². The monoisotopic (exact) mass is 464 g/mol. The van der Waals surface area contributed by atoms with Crippen LogP contribution in [0.25, 0.3) is 11.4 Å². The van der Waals surface area contributed by atoms with Gasteiger partial charge in [-0.3, -0.25) is 9.69 Å². The second-order valence-electron chi connectivity index (χ2n) is 8.32. The Bertz CT molecular complexity index is 1070. The van der Waals surface area contributed by atoms with Crippen molar-refractivity contribution in [3.05, 3.63) is 60.0 Å². The molecule has 0 aliphatic carbocycles. The van der Waals surface area contributed by atoms with Gasteiger partial charge in [0.1, 0.15) is 0 Å². The molecule has 1 amide bonds. The number of benzene rings is 2. The van der Waals surface area contributed by atoms with Crippen LogP contribution < -0.4 is 14.8 Å². The number of nitrogens with one attached hydrogen (secondary N) is 1. The van der Waals surface area contributed by atoms with Crippen LogP contribution in [0.1, 0.15) is 38.1 Å². The first-order valence-corrected chi connectivity index (χ1v) is 11.9. The van der Waals surface area contributed by atoms with Gasteiger partial charge in [-0.1, -0.05) is 41.6 Å². The van der Waals surface area contributed by atoms with Crippen molar-refractivity contribution in [2.75, 3.05) is 26.3 Å². The molecule has 2 aromatic carbocycles. The van der Waals surface area contributed by atoms with Gasteiger partial charge in [0.15, 0.2) is 11.5 Å². The Hall–Kier alpha value is -3.39. The number of hydrogen-bond donors (Lipinski definition) is 1. The summed E-state index contributed by atoms with van der Waals surface area (Å²) in [6, 6.07) is 15.6. The molecule has 0 bridgehead atoms. The molecule has 1 fully saturated rings. The van der Waals surface area contributed by atoms with Crippen LogP contribution in [0, 0.1) is 5.92 Å². The molecule has 0 radical (unpaired) electrons. The fourth-order valence-electron chi connectivity index (χ4n) is 4.17. The van der Waals surface area contributed by atoms with Crippen molar-refractivity contribution < 1.29 is 18.8 Å². The lowest BCUT2D eigenvalue weighted by Gasteiger charge is -2.30. The zero-order valence-electron chi connectivity index (χ0n) is 19.8. The van der Waals surface area contributed by atoms with Gasteiger partial charge in [-0.25, -0.2) is 0 Å². The summed E-state index contributed by atoms with van der Waals surface area (Å²) in [6.07, 6.45) is 1.82. The van der Waals surface area contributed by atoms with Gasteiger partial charge in [-0.15, -0.1) is 0 Å². The maximum Gasteiger partial charge on any atom is 0.241 e. The number of likely N-dealkylation sites (tertiary alicyclic amines) is 1. The molecule has 1 N–H and O–H groups in total. The average molecular weight is 465 g/mol. The summed E-state index contributed by atoms with van der Waals surface area (Å²) in [4.78, 5) is 19.6. The molecule has 1 unspecified atom stereocenters. The molecule has 34 heavy (non-hydrogen) atoms. The van der Waals surface area contributed by atoms with Crippen molar-refractivity contribution >= 4 is 5.91 Å². The zero-order chi connectivity index (χ0) is 23.8. The van der Waals surface area contributed by atoms with E-state index in [2.05, 4.69) is 20.4 Å². The molecule has 1 saturated heterocycles. The third kappa shape index (κ3) is 6.14. The molecule has 1 atom stereocenters. The van der Waals surface area contributed by atoms with Gasteiger partial charge in [-0.05, 0) is 50.9 Å². The minimum Gasteiger partial charge on any atom is -0.490 e. The average Bonchev–Trinajstić information content (AvgIpc) is 3.33. The second kappa shape index (κ2) is 11.7. The van der Waals surface area contributed by atoms with E-state index in [4.69, 9.17) is 14.0 Å². The summed E-state index contributed by atoms with van der Waals surface area (Å²) in [6.45, 7) is 7.58. The number of carbonyl (C=O) groups is 1. The maximum atomic E-state index is 12.9. The Balaban J connectivity index is 1.30. The lowest BCUT2D eigenvalue weighted by molar-refractivity contribution is -0.127. The van der Waals surface area contributed by atoms with Crippen LogP contribution in [-0.4, -0.2) is 47.3 Å². The number of ether oxygens (including phenoxy) is 2. The molecule has 2 heterocycles. The van der Waals surface area contributed by atoms with E-state index in [0.29, 0.717) is 50.3 Å². The van der Waals surface area contributed by atoms with Crippen molar-refractivity contribution in [1.82, 2.24) is 20.4 Å². The van der Waals surface area contributed by atoms with Gasteiger partial charge in [-0.2, -0.15) is 4.98 Å². The Morgan fingerprint density at radius 2 is 1.91 bits per heavy atom. The topological polar surface area (TPSA) is 89.7 Å². The third-order valence-corrected chi connectivity index (χ3v) is 5.81. The molecule has 180 valence electrons. The van der Waals surface area contributed by atoms with E-state index < -0.39 is 0 Å². The molecule has 4 rings (SSSR count). The molecular formula is C26H32N4O4. The van der Waals surface area contributed by atoms with Crippen LogP contribution >= 0.6 is 0 Å². The van der Waals surface area contributed by atoms with Crippen LogP contribution in [0.2, 0.25) is 0 Å². The number of piperidine rings is 1. The first-order chi connectivity index (χ1) is 16.7. The van der Waals surface area contributed by atoms with E-state index in [-0.39, 0.29) is 11.8 Å². The van der Waals surface area contributed by atoms with Crippen LogP contribution in [0.5, 0.6) is 11.5 Å². The van der Waals surface area contributed by atoms with E-state index in [1.807, 2.05) is 62.4 Å². The summed E-state index contributed by atoms with van der Waals surface area (Å²) in [5, 5.41) is 7.18. The highest BCUT2D eigenvalue weighted by atomic mass is 16.5. The number of aromatic nitrogens is 2. The Labute approximate surface area is 200 Å². The molecule has 8 heteroatoms. The largest absolute Gasteiger partial charge is 0.490 e. The predicted molar refractivity (Wildman–Crippen MR) is 128 cm³/mol. The molecule has 1 aliphatic heterocycles. The smallest absolute Gasteiger partial charge is 0.241 e. The summed E-state index contributed by atoms with van der Waals surface area (Å²) < 4.78 is 16.8. The summed E-state index contributed by atoms with van der Waals surface area (Å²) >= 11 is 0.